The second-order valence-electron chi connectivity index (χ2n) is 2.86. The van der Waals surface area contributed by atoms with Gasteiger partial charge in [0.15, 0.2) is 6.61 Å². The Hall–Kier alpha value is -1.58. The Labute approximate surface area is 81.7 Å². The van der Waals surface area contributed by atoms with Crippen molar-refractivity contribution < 1.29 is 13.9 Å². The molecule has 0 aliphatic rings. The molecule has 0 saturated carbocycles. The van der Waals surface area contributed by atoms with Gasteiger partial charge in [-0.15, -0.1) is 0 Å². The number of amides is 1. The van der Waals surface area contributed by atoms with Crippen LogP contribution in [0.2, 0.25) is 0 Å². The van der Waals surface area contributed by atoms with Crippen molar-refractivity contribution in [1.82, 2.24) is 0 Å². The van der Waals surface area contributed by atoms with E-state index in [9.17, 15) is 9.18 Å². The maximum atomic E-state index is 13.2. The minimum atomic E-state index is -0.579. The predicted molar refractivity (Wildman–Crippen MR) is 50.5 cm³/mol. The number of carbonyl (C=O) groups is 1. The van der Waals surface area contributed by atoms with Gasteiger partial charge in [-0.2, -0.15) is 0 Å². The molecule has 0 spiro atoms. The van der Waals surface area contributed by atoms with Crippen LogP contribution >= 0.6 is 0 Å². The first kappa shape index (κ1) is 10.5. The van der Waals surface area contributed by atoms with E-state index in [1.807, 2.05) is 6.92 Å². The molecule has 14 heavy (non-hydrogen) atoms. The summed E-state index contributed by atoms with van der Waals surface area (Å²) in [5.74, 6) is -0.585. The number of hydrogen-bond acceptors (Lipinski definition) is 2. The minimum absolute atomic E-state index is 0.231. The lowest BCUT2D eigenvalue weighted by Crippen LogP contribution is -2.20. The second-order valence-corrected chi connectivity index (χ2v) is 2.86. The summed E-state index contributed by atoms with van der Waals surface area (Å²) in [6, 6.07) is 4.50. The van der Waals surface area contributed by atoms with Crippen LogP contribution in [0, 0.1) is 5.82 Å². The van der Waals surface area contributed by atoms with Crippen LogP contribution < -0.4 is 10.5 Å². The number of aryl methyl sites for hydroxylation is 1. The quantitative estimate of drug-likeness (QED) is 0.789. The van der Waals surface area contributed by atoms with Gasteiger partial charge in [-0.1, -0.05) is 13.0 Å². The highest BCUT2D eigenvalue weighted by molar-refractivity contribution is 5.75. The van der Waals surface area contributed by atoms with Crippen molar-refractivity contribution in [1.29, 1.82) is 0 Å². The van der Waals surface area contributed by atoms with Crippen LogP contribution in [-0.4, -0.2) is 12.5 Å². The van der Waals surface area contributed by atoms with Crippen molar-refractivity contribution in [2.24, 2.45) is 5.73 Å². The molecular formula is C10H12FNO2. The summed E-state index contributed by atoms with van der Waals surface area (Å²) < 4.78 is 18.1. The Morgan fingerprint density at radius 1 is 1.57 bits per heavy atom. The number of nitrogens with two attached hydrogens (primary N) is 1. The largest absolute Gasteiger partial charge is 0.484 e. The fourth-order valence-corrected chi connectivity index (χ4v) is 1.06. The van der Waals surface area contributed by atoms with E-state index < -0.39 is 5.91 Å². The Kier molecular flexibility index (Phi) is 3.45. The van der Waals surface area contributed by atoms with Gasteiger partial charge in [0.05, 0.1) is 0 Å². The number of benzene rings is 1. The number of primary amides is 1. The molecule has 1 aromatic rings. The molecular weight excluding hydrogens is 185 g/mol. The van der Waals surface area contributed by atoms with Gasteiger partial charge in [-0.3, -0.25) is 4.79 Å². The van der Waals surface area contributed by atoms with Gasteiger partial charge in [0.25, 0.3) is 5.91 Å². The third-order valence-electron chi connectivity index (χ3n) is 1.79. The van der Waals surface area contributed by atoms with Gasteiger partial charge >= 0.3 is 0 Å². The van der Waals surface area contributed by atoms with Gasteiger partial charge in [0.2, 0.25) is 0 Å². The predicted octanol–water partition coefficient (Wildman–Crippen LogP) is 1.25. The summed E-state index contributed by atoms with van der Waals surface area (Å²) in [4.78, 5) is 10.4. The zero-order chi connectivity index (χ0) is 10.6. The first-order chi connectivity index (χ1) is 6.63. The highest BCUT2D eigenvalue weighted by atomic mass is 19.1. The lowest BCUT2D eigenvalue weighted by Gasteiger charge is -2.05. The molecule has 4 heteroatoms. The maximum Gasteiger partial charge on any atom is 0.255 e. The van der Waals surface area contributed by atoms with Gasteiger partial charge in [0.1, 0.15) is 11.6 Å². The van der Waals surface area contributed by atoms with E-state index in [0.717, 1.165) is 0 Å². The smallest absolute Gasteiger partial charge is 0.255 e. The van der Waals surface area contributed by atoms with Crippen LogP contribution in [0.15, 0.2) is 18.2 Å². The summed E-state index contributed by atoms with van der Waals surface area (Å²) in [6.45, 7) is 1.63. The molecule has 0 bridgehead atoms. The molecule has 0 fully saturated rings. The highest BCUT2D eigenvalue weighted by Crippen LogP contribution is 2.16. The first-order valence-corrected chi connectivity index (χ1v) is 4.33. The molecule has 1 amide bonds. The molecule has 0 unspecified atom stereocenters. The Morgan fingerprint density at radius 3 is 2.79 bits per heavy atom. The molecule has 0 atom stereocenters. The van der Waals surface area contributed by atoms with Gasteiger partial charge < -0.3 is 10.5 Å². The van der Waals surface area contributed by atoms with Crippen molar-refractivity contribution in [3.63, 3.8) is 0 Å². The Morgan fingerprint density at radius 2 is 2.29 bits per heavy atom. The number of carbonyl (C=O) groups excluding carboxylic acids is 1. The van der Waals surface area contributed by atoms with Crippen molar-refractivity contribution in [3.8, 4) is 5.75 Å². The fourth-order valence-electron chi connectivity index (χ4n) is 1.06. The van der Waals surface area contributed by atoms with Crippen LogP contribution in [0.5, 0.6) is 5.75 Å². The van der Waals surface area contributed by atoms with E-state index in [4.69, 9.17) is 10.5 Å². The van der Waals surface area contributed by atoms with Crippen molar-refractivity contribution in [2.75, 3.05) is 6.61 Å². The lowest BCUT2D eigenvalue weighted by atomic mass is 10.1. The zero-order valence-corrected chi connectivity index (χ0v) is 7.92. The van der Waals surface area contributed by atoms with E-state index in [2.05, 4.69) is 0 Å². The van der Waals surface area contributed by atoms with Crippen molar-refractivity contribution in [3.05, 3.63) is 29.6 Å². The van der Waals surface area contributed by atoms with E-state index in [1.165, 1.54) is 6.07 Å². The van der Waals surface area contributed by atoms with Crippen molar-refractivity contribution >= 4 is 5.91 Å². The molecule has 0 saturated heterocycles. The third kappa shape index (κ3) is 2.73. The molecule has 1 rings (SSSR count). The lowest BCUT2D eigenvalue weighted by molar-refractivity contribution is -0.119. The molecule has 1 aromatic carbocycles. The standard InChI is InChI=1S/C10H12FNO2/c1-2-7-3-4-8(5-9(7)11)14-6-10(12)13/h3-5H,2,6H2,1H3,(H2,12,13). The van der Waals surface area contributed by atoms with E-state index in [1.54, 1.807) is 12.1 Å². The van der Waals surface area contributed by atoms with Crippen LogP contribution in [0.25, 0.3) is 0 Å². The van der Waals surface area contributed by atoms with Crippen LogP contribution in [0.1, 0.15) is 12.5 Å². The van der Waals surface area contributed by atoms with Crippen LogP contribution in [-0.2, 0) is 11.2 Å². The van der Waals surface area contributed by atoms with E-state index >= 15 is 0 Å². The monoisotopic (exact) mass is 197 g/mol. The summed E-state index contributed by atoms with van der Waals surface area (Å²) in [5, 5.41) is 0. The van der Waals surface area contributed by atoms with Crippen LogP contribution in [0.4, 0.5) is 4.39 Å². The molecule has 3 nitrogen and oxygen atoms in total. The second kappa shape index (κ2) is 4.60. The van der Waals surface area contributed by atoms with E-state index in [0.29, 0.717) is 17.7 Å². The van der Waals surface area contributed by atoms with E-state index in [-0.39, 0.29) is 12.4 Å². The highest BCUT2D eigenvalue weighted by Gasteiger charge is 2.03. The fraction of sp³-hybridized carbons (Fsp3) is 0.300. The molecule has 2 N–H and O–H groups in total. The minimum Gasteiger partial charge on any atom is -0.484 e. The van der Waals surface area contributed by atoms with Gasteiger partial charge in [-0.05, 0) is 18.1 Å². The number of rotatable bonds is 4. The van der Waals surface area contributed by atoms with Crippen LogP contribution in [0.3, 0.4) is 0 Å². The molecule has 76 valence electrons. The Balaban J connectivity index is 2.71. The Bertz CT molecular complexity index is 339. The summed E-state index contributed by atoms with van der Waals surface area (Å²) in [7, 11) is 0. The normalized spacial score (nSPS) is 9.86. The topological polar surface area (TPSA) is 52.3 Å². The number of hydrogen-bond donors (Lipinski definition) is 1. The third-order valence-corrected chi connectivity index (χ3v) is 1.79. The first-order valence-electron chi connectivity index (χ1n) is 4.33. The van der Waals surface area contributed by atoms with Gasteiger partial charge in [-0.25, -0.2) is 4.39 Å². The molecule has 0 aliphatic heterocycles. The zero-order valence-electron chi connectivity index (χ0n) is 7.92. The SMILES string of the molecule is CCc1ccc(OCC(N)=O)cc1F. The molecule has 0 radical (unpaired) electrons. The average molecular weight is 197 g/mol. The number of halogens is 1. The molecule has 0 aliphatic carbocycles. The molecule has 0 heterocycles. The number of ether oxygens (including phenoxy) is 1. The molecule has 0 aromatic heterocycles. The summed E-state index contributed by atoms with van der Waals surface area (Å²) >= 11 is 0. The summed E-state index contributed by atoms with van der Waals surface area (Å²) in [5.41, 5.74) is 5.50. The van der Waals surface area contributed by atoms with Gasteiger partial charge in [0, 0.05) is 6.07 Å². The van der Waals surface area contributed by atoms with Crippen molar-refractivity contribution in [2.45, 2.75) is 13.3 Å². The maximum absolute atomic E-state index is 13.2. The average Bonchev–Trinajstić information content (AvgIpc) is 2.15. The summed E-state index contributed by atoms with van der Waals surface area (Å²) in [6.07, 6.45) is 0.627.